The van der Waals surface area contributed by atoms with Crippen molar-refractivity contribution in [2.24, 2.45) is 0 Å². The van der Waals surface area contributed by atoms with Gasteiger partial charge in [-0.05, 0) is 0 Å². The second-order valence-electron chi connectivity index (χ2n) is 1.95. The van der Waals surface area contributed by atoms with E-state index in [9.17, 15) is 14.4 Å². The number of carbonyl (C=O) groups excluding carboxylic acids is 2. The summed E-state index contributed by atoms with van der Waals surface area (Å²) in [6.45, 7) is 0. The van der Waals surface area contributed by atoms with E-state index in [4.69, 9.17) is 5.11 Å². The first-order valence-corrected chi connectivity index (χ1v) is 2.78. The fraction of sp³-hybridized carbons (Fsp3) is 0.167. The van der Waals surface area contributed by atoms with Gasteiger partial charge in [-0.1, -0.05) is 0 Å². The standard InChI is InChI=1S/C6H4O5/c7-4(8)1-3-2-5(9)11-6(3)10/h1H,2H2,(H,7,8). The van der Waals surface area contributed by atoms with Gasteiger partial charge in [0.1, 0.15) is 0 Å². The molecular formula is C6H4O5. The summed E-state index contributed by atoms with van der Waals surface area (Å²) in [4.78, 5) is 30.9. The SMILES string of the molecule is O=C(O)C=C1CC(=O)OC1=O. The van der Waals surface area contributed by atoms with Crippen LogP contribution in [0.1, 0.15) is 6.42 Å². The molecule has 5 heteroatoms. The van der Waals surface area contributed by atoms with Crippen LogP contribution in [0, 0.1) is 0 Å². The Balaban J connectivity index is 2.83. The number of ether oxygens (including phenoxy) is 1. The molecule has 0 aromatic heterocycles. The summed E-state index contributed by atoms with van der Waals surface area (Å²) in [6.07, 6.45) is 0.429. The van der Waals surface area contributed by atoms with Gasteiger partial charge in [-0.15, -0.1) is 0 Å². The summed E-state index contributed by atoms with van der Waals surface area (Å²) in [5.41, 5.74) is -0.109. The largest absolute Gasteiger partial charge is 0.478 e. The van der Waals surface area contributed by atoms with E-state index < -0.39 is 17.9 Å². The van der Waals surface area contributed by atoms with Gasteiger partial charge < -0.3 is 9.84 Å². The highest BCUT2D eigenvalue weighted by molar-refractivity contribution is 6.08. The fourth-order valence-corrected chi connectivity index (χ4v) is 0.692. The number of hydrogen-bond donors (Lipinski definition) is 1. The third-order valence-electron chi connectivity index (χ3n) is 1.10. The molecule has 0 unspecified atom stereocenters. The van der Waals surface area contributed by atoms with Gasteiger partial charge in [0.15, 0.2) is 0 Å². The molecule has 11 heavy (non-hydrogen) atoms. The molecule has 5 nitrogen and oxygen atoms in total. The highest BCUT2D eigenvalue weighted by Crippen LogP contribution is 2.13. The minimum Gasteiger partial charge on any atom is -0.478 e. The maximum absolute atomic E-state index is 10.5. The highest BCUT2D eigenvalue weighted by atomic mass is 16.6. The summed E-state index contributed by atoms with van der Waals surface area (Å²) in [7, 11) is 0. The summed E-state index contributed by atoms with van der Waals surface area (Å²) >= 11 is 0. The molecule has 1 N–H and O–H groups in total. The lowest BCUT2D eigenvalue weighted by Crippen LogP contribution is -1.99. The number of esters is 2. The van der Waals surface area contributed by atoms with Crippen LogP contribution in [-0.4, -0.2) is 23.0 Å². The van der Waals surface area contributed by atoms with Crippen LogP contribution in [0.2, 0.25) is 0 Å². The number of aliphatic carboxylic acids is 1. The Bertz CT molecular complexity index is 262. The second kappa shape index (κ2) is 2.53. The molecule has 0 aliphatic carbocycles. The zero-order chi connectivity index (χ0) is 8.43. The van der Waals surface area contributed by atoms with Crippen LogP contribution in [0.4, 0.5) is 0 Å². The van der Waals surface area contributed by atoms with Crippen molar-refractivity contribution in [3.05, 3.63) is 11.6 Å². The van der Waals surface area contributed by atoms with E-state index in [1.165, 1.54) is 0 Å². The normalized spacial score (nSPS) is 20.5. The number of hydrogen-bond acceptors (Lipinski definition) is 4. The molecular weight excluding hydrogens is 152 g/mol. The van der Waals surface area contributed by atoms with Crippen LogP contribution in [0.3, 0.4) is 0 Å². The topological polar surface area (TPSA) is 80.7 Å². The maximum atomic E-state index is 10.5. The van der Waals surface area contributed by atoms with E-state index in [0.717, 1.165) is 0 Å². The molecule has 0 radical (unpaired) electrons. The predicted octanol–water partition coefficient (Wildman–Crippen LogP) is -0.529. The molecule has 1 saturated heterocycles. The van der Waals surface area contributed by atoms with Crippen LogP contribution >= 0.6 is 0 Å². The quantitative estimate of drug-likeness (QED) is 0.313. The first kappa shape index (κ1) is 7.46. The highest BCUT2D eigenvalue weighted by Gasteiger charge is 2.27. The third-order valence-corrected chi connectivity index (χ3v) is 1.10. The zero-order valence-electron chi connectivity index (χ0n) is 5.36. The van der Waals surface area contributed by atoms with Gasteiger partial charge >= 0.3 is 17.9 Å². The Kier molecular flexibility index (Phi) is 1.72. The van der Waals surface area contributed by atoms with E-state index in [2.05, 4.69) is 4.74 Å². The summed E-state index contributed by atoms with van der Waals surface area (Å²) in [5, 5.41) is 8.18. The summed E-state index contributed by atoms with van der Waals surface area (Å²) < 4.78 is 4.07. The number of rotatable bonds is 1. The van der Waals surface area contributed by atoms with Crippen LogP contribution in [0.15, 0.2) is 11.6 Å². The van der Waals surface area contributed by atoms with Gasteiger partial charge in [-0.25, -0.2) is 9.59 Å². The van der Waals surface area contributed by atoms with Crippen LogP contribution in [0.25, 0.3) is 0 Å². The van der Waals surface area contributed by atoms with E-state index in [-0.39, 0.29) is 12.0 Å². The molecule has 0 atom stereocenters. The molecule has 1 aliphatic heterocycles. The van der Waals surface area contributed by atoms with Crippen molar-refractivity contribution >= 4 is 17.9 Å². The van der Waals surface area contributed by atoms with Crippen LogP contribution in [-0.2, 0) is 19.1 Å². The minimum atomic E-state index is -1.26. The summed E-state index contributed by atoms with van der Waals surface area (Å²) in [5.74, 6) is -2.83. The Morgan fingerprint density at radius 2 is 2.18 bits per heavy atom. The van der Waals surface area contributed by atoms with Crippen molar-refractivity contribution in [1.82, 2.24) is 0 Å². The Hall–Kier alpha value is -1.65. The average molecular weight is 156 g/mol. The molecule has 0 aromatic rings. The van der Waals surface area contributed by atoms with E-state index >= 15 is 0 Å². The molecule has 1 rings (SSSR count). The Morgan fingerprint density at radius 1 is 1.55 bits per heavy atom. The van der Waals surface area contributed by atoms with Crippen molar-refractivity contribution in [2.45, 2.75) is 6.42 Å². The Labute approximate surface area is 61.3 Å². The van der Waals surface area contributed by atoms with Crippen LogP contribution < -0.4 is 0 Å². The van der Waals surface area contributed by atoms with Gasteiger partial charge in [-0.3, -0.25) is 4.79 Å². The van der Waals surface area contributed by atoms with Gasteiger partial charge in [0.25, 0.3) is 0 Å². The van der Waals surface area contributed by atoms with Crippen molar-refractivity contribution in [1.29, 1.82) is 0 Å². The lowest BCUT2D eigenvalue weighted by Gasteiger charge is -1.84. The van der Waals surface area contributed by atoms with Gasteiger partial charge in [0.2, 0.25) is 0 Å². The summed E-state index contributed by atoms with van der Waals surface area (Å²) in [6, 6.07) is 0. The molecule has 0 bridgehead atoms. The first-order valence-electron chi connectivity index (χ1n) is 2.78. The van der Waals surface area contributed by atoms with Crippen LogP contribution in [0.5, 0.6) is 0 Å². The van der Waals surface area contributed by atoms with Crippen molar-refractivity contribution in [3.8, 4) is 0 Å². The van der Waals surface area contributed by atoms with Crippen molar-refractivity contribution < 1.29 is 24.2 Å². The predicted molar refractivity (Wildman–Crippen MR) is 31.4 cm³/mol. The fourth-order valence-electron chi connectivity index (χ4n) is 0.692. The van der Waals surface area contributed by atoms with Gasteiger partial charge in [-0.2, -0.15) is 0 Å². The second-order valence-corrected chi connectivity index (χ2v) is 1.95. The van der Waals surface area contributed by atoms with E-state index in [0.29, 0.717) is 6.08 Å². The molecule has 0 saturated carbocycles. The lowest BCUT2D eigenvalue weighted by atomic mass is 10.2. The number of carboxylic acids is 1. The molecule has 0 spiro atoms. The number of carboxylic acid groups (broad SMARTS) is 1. The molecule has 0 aromatic carbocycles. The van der Waals surface area contributed by atoms with Crippen molar-refractivity contribution in [2.75, 3.05) is 0 Å². The monoisotopic (exact) mass is 156 g/mol. The molecule has 0 amide bonds. The molecule has 1 aliphatic rings. The molecule has 1 fully saturated rings. The van der Waals surface area contributed by atoms with Gasteiger partial charge in [0, 0.05) is 6.08 Å². The zero-order valence-corrected chi connectivity index (χ0v) is 5.36. The van der Waals surface area contributed by atoms with Gasteiger partial charge in [0.05, 0.1) is 12.0 Å². The maximum Gasteiger partial charge on any atom is 0.342 e. The first-order chi connectivity index (χ1) is 5.09. The van der Waals surface area contributed by atoms with E-state index in [1.807, 2.05) is 0 Å². The Morgan fingerprint density at radius 3 is 2.55 bits per heavy atom. The number of carbonyl (C=O) groups is 3. The van der Waals surface area contributed by atoms with Crippen molar-refractivity contribution in [3.63, 3.8) is 0 Å². The molecule has 58 valence electrons. The lowest BCUT2D eigenvalue weighted by molar-refractivity contribution is -0.151. The average Bonchev–Trinajstić information content (AvgIpc) is 2.09. The van der Waals surface area contributed by atoms with E-state index in [1.54, 1.807) is 0 Å². The molecule has 1 heterocycles. The smallest absolute Gasteiger partial charge is 0.342 e. The number of cyclic esters (lactones) is 2. The minimum absolute atomic E-state index is 0.109. The third kappa shape index (κ3) is 1.64.